The monoisotopic (exact) mass is 634 g/mol. The number of anilines is 1. The first-order valence-electron chi connectivity index (χ1n) is 12.2. The summed E-state index contributed by atoms with van der Waals surface area (Å²) in [6.45, 7) is 4.27. The van der Waals surface area contributed by atoms with E-state index < -0.39 is 37.6 Å². The second-order valence-corrected chi connectivity index (χ2v) is 13.0. The lowest BCUT2D eigenvalue weighted by Gasteiger charge is -2.13. The van der Waals surface area contributed by atoms with Crippen molar-refractivity contribution in [3.8, 4) is 5.75 Å². The molecule has 4 N–H and O–H groups in total. The molecule has 0 aliphatic heterocycles. The number of carbonyl (C=O) groups is 1. The van der Waals surface area contributed by atoms with E-state index in [0.29, 0.717) is 39.3 Å². The van der Waals surface area contributed by atoms with Crippen LogP contribution in [0.15, 0.2) is 73.6 Å². The van der Waals surface area contributed by atoms with Crippen LogP contribution in [0.1, 0.15) is 35.9 Å². The Morgan fingerprint density at radius 2 is 1.76 bits per heavy atom. The Morgan fingerprint density at radius 3 is 2.33 bits per heavy atom. The molecule has 1 aliphatic rings. The summed E-state index contributed by atoms with van der Waals surface area (Å²) in [5, 5.41) is 21.2. The molecule has 0 unspecified atom stereocenters. The van der Waals surface area contributed by atoms with Crippen LogP contribution in [0.5, 0.6) is 5.75 Å². The largest absolute Gasteiger partial charge is 0.510 e. The highest BCUT2D eigenvalue weighted by Gasteiger charge is 2.23. The molecule has 4 rings (SSSR count). The number of hydrogen-bond donors (Lipinski definition) is 4. The van der Waals surface area contributed by atoms with Gasteiger partial charge in [0.15, 0.2) is 5.70 Å². The van der Waals surface area contributed by atoms with Crippen LogP contribution < -0.4 is 10.1 Å². The quantitative estimate of drug-likeness (QED) is 0.108. The molecular weight excluding hydrogens is 609 g/mol. The van der Waals surface area contributed by atoms with Gasteiger partial charge in [0.1, 0.15) is 26.3 Å². The van der Waals surface area contributed by atoms with Gasteiger partial charge >= 0.3 is 0 Å². The van der Waals surface area contributed by atoms with Crippen molar-refractivity contribution in [2.75, 3.05) is 12.4 Å². The van der Waals surface area contributed by atoms with Gasteiger partial charge in [-0.25, -0.2) is 4.98 Å². The van der Waals surface area contributed by atoms with Crippen molar-refractivity contribution < 1.29 is 40.6 Å². The molecule has 3 aromatic rings. The van der Waals surface area contributed by atoms with Crippen LogP contribution in [0, 0.1) is 13.8 Å². The van der Waals surface area contributed by atoms with Gasteiger partial charge in [0, 0.05) is 6.07 Å². The first kappa shape index (κ1) is 31.0. The fourth-order valence-electron chi connectivity index (χ4n) is 4.20. The molecule has 0 fully saturated rings. The number of benzene rings is 2. The minimum atomic E-state index is -4.52. The average Bonchev–Trinajstić information content (AvgIpc) is 3.31. The van der Waals surface area contributed by atoms with Gasteiger partial charge in [-0.3, -0.25) is 13.9 Å². The van der Waals surface area contributed by atoms with Gasteiger partial charge in [0.25, 0.3) is 26.1 Å². The lowest BCUT2D eigenvalue weighted by atomic mass is 10.0. The van der Waals surface area contributed by atoms with Crippen LogP contribution in [-0.2, 0) is 25.0 Å². The third-order valence-electron chi connectivity index (χ3n) is 6.23. The Morgan fingerprint density at radius 1 is 1.05 bits per heavy atom. The maximum absolute atomic E-state index is 12.9. The van der Waals surface area contributed by atoms with Crippen LogP contribution in [0.4, 0.5) is 5.69 Å². The number of carbonyl (C=O) groups excluding carboxylic acids is 1. The highest BCUT2D eigenvalue weighted by Crippen LogP contribution is 2.37. The summed E-state index contributed by atoms with van der Waals surface area (Å²) in [5.41, 5.74) is 1.99. The van der Waals surface area contributed by atoms with Crippen LogP contribution in [-0.4, -0.2) is 49.0 Å². The van der Waals surface area contributed by atoms with Gasteiger partial charge in [0.05, 0.1) is 28.7 Å². The molecular formula is C26H26N4O9S3. The number of aryl methyl sites for hydroxylation is 2. The molecule has 0 radical (unpaired) electrons. The van der Waals surface area contributed by atoms with E-state index in [-0.39, 0.29) is 26.8 Å². The van der Waals surface area contributed by atoms with Crippen LogP contribution in [0.25, 0.3) is 15.8 Å². The van der Waals surface area contributed by atoms with E-state index in [4.69, 9.17) is 4.74 Å². The van der Waals surface area contributed by atoms with E-state index in [2.05, 4.69) is 20.5 Å². The summed E-state index contributed by atoms with van der Waals surface area (Å²) in [7, 11) is -7.71. The van der Waals surface area contributed by atoms with Gasteiger partial charge in [-0.05, 0) is 68.5 Å². The van der Waals surface area contributed by atoms with Crippen molar-refractivity contribution in [2.45, 2.75) is 43.4 Å². The first-order chi connectivity index (χ1) is 19.6. The van der Waals surface area contributed by atoms with Crippen LogP contribution >= 0.6 is 11.3 Å². The van der Waals surface area contributed by atoms with E-state index in [1.165, 1.54) is 27.0 Å². The maximum Gasteiger partial charge on any atom is 0.296 e. The number of nitrogens with one attached hydrogen (secondary N) is 1. The molecule has 1 aromatic heterocycles. The van der Waals surface area contributed by atoms with E-state index in [1.807, 2.05) is 0 Å². The number of aliphatic hydroxyl groups is 1. The molecule has 0 atom stereocenters. The summed E-state index contributed by atoms with van der Waals surface area (Å²) >= 11 is 1.15. The zero-order chi connectivity index (χ0) is 31.0. The number of thiazole rings is 1. The molecule has 1 heterocycles. The number of ether oxygens (including phenoxy) is 1. The van der Waals surface area contributed by atoms with Crippen molar-refractivity contribution >= 4 is 59.0 Å². The Hall–Kier alpha value is -3.96. The number of nitrogens with zero attached hydrogens (tertiary/aromatic N) is 3. The number of amides is 1. The van der Waals surface area contributed by atoms with E-state index >= 15 is 0 Å². The standard InChI is InChI=1S/C26H26N4O9S3/c1-13-5-10-18-23(24(13)42(36,37)38)40-26(28-18)16-6-8-17(9-7-16)29-30-22(15(3)31)25(32)27-19-11-14(2)21(41(33,34)35)12-20(19)39-4/h5-6,8,10-12,31H,7,9H2,1-4H3,(H,27,32)(H,33,34,35)(H,36,37,38)/b22-15+,30-29+. The van der Waals surface area contributed by atoms with E-state index in [1.54, 1.807) is 31.2 Å². The van der Waals surface area contributed by atoms with E-state index in [0.717, 1.165) is 23.0 Å². The third-order valence-corrected chi connectivity index (χ3v) is 9.56. The second-order valence-electron chi connectivity index (χ2n) is 9.29. The Balaban J connectivity index is 1.56. The normalized spacial score (nSPS) is 14.9. The van der Waals surface area contributed by atoms with Crippen molar-refractivity contribution in [3.05, 3.63) is 69.7 Å². The van der Waals surface area contributed by atoms with Gasteiger partial charge in [-0.1, -0.05) is 12.1 Å². The van der Waals surface area contributed by atoms with Crippen molar-refractivity contribution in [2.24, 2.45) is 10.2 Å². The van der Waals surface area contributed by atoms with E-state index in [9.17, 15) is 35.8 Å². The van der Waals surface area contributed by atoms with Gasteiger partial charge in [0.2, 0.25) is 0 Å². The van der Waals surface area contributed by atoms with Crippen molar-refractivity contribution in [1.29, 1.82) is 0 Å². The molecule has 1 aliphatic carbocycles. The molecule has 1 amide bonds. The minimum Gasteiger partial charge on any atom is -0.510 e. The number of fused-ring (bicyclic) bond motifs is 1. The minimum absolute atomic E-state index is 0.0465. The molecule has 0 saturated carbocycles. The van der Waals surface area contributed by atoms with Crippen molar-refractivity contribution in [1.82, 2.24) is 4.98 Å². The fourth-order valence-corrected chi connectivity index (χ4v) is 7.29. The number of aromatic nitrogens is 1. The summed E-state index contributed by atoms with van der Waals surface area (Å²) in [5.74, 6) is -1.31. The zero-order valence-corrected chi connectivity index (χ0v) is 25.2. The highest BCUT2D eigenvalue weighted by molar-refractivity contribution is 7.86. The predicted octanol–water partition coefficient (Wildman–Crippen LogP) is 5.36. The molecule has 13 nitrogen and oxygen atoms in total. The van der Waals surface area contributed by atoms with Crippen LogP contribution in [0.2, 0.25) is 0 Å². The summed E-state index contributed by atoms with van der Waals surface area (Å²) < 4.78 is 71.6. The van der Waals surface area contributed by atoms with Gasteiger partial charge < -0.3 is 15.2 Å². The molecule has 0 spiro atoms. The number of azo groups is 1. The molecule has 0 bridgehead atoms. The number of aliphatic hydroxyl groups excluding tert-OH is 1. The SMILES string of the molecule is COc1cc(S(=O)(=O)O)c(C)cc1NC(=O)C(/N=N/C1=CC=C(c2nc3ccc(C)c(S(=O)(=O)O)c3s2)CC1)=C(/C)O. The highest BCUT2D eigenvalue weighted by atomic mass is 32.2. The predicted molar refractivity (Wildman–Crippen MR) is 156 cm³/mol. The topological polar surface area (TPSA) is 205 Å². The molecule has 0 saturated heterocycles. The van der Waals surface area contributed by atoms with Gasteiger partial charge in [-0.15, -0.1) is 16.5 Å². The first-order valence-corrected chi connectivity index (χ1v) is 15.9. The lowest BCUT2D eigenvalue weighted by molar-refractivity contribution is -0.113. The summed E-state index contributed by atoms with van der Waals surface area (Å²) in [4.78, 5) is 16.9. The van der Waals surface area contributed by atoms with Crippen LogP contribution in [0.3, 0.4) is 0 Å². The Labute approximate surface area is 245 Å². The number of allylic oxidation sites excluding steroid dienone is 5. The number of hydrogen-bond acceptors (Lipinski definition) is 11. The third kappa shape index (κ3) is 6.57. The smallest absolute Gasteiger partial charge is 0.296 e. The molecule has 16 heteroatoms. The van der Waals surface area contributed by atoms with Crippen molar-refractivity contribution in [3.63, 3.8) is 0 Å². The lowest BCUT2D eigenvalue weighted by Crippen LogP contribution is -2.16. The molecule has 42 heavy (non-hydrogen) atoms. The Kier molecular flexibility index (Phi) is 8.65. The molecule has 2 aromatic carbocycles. The molecule has 222 valence electrons. The summed E-state index contributed by atoms with van der Waals surface area (Å²) in [6, 6.07) is 5.62. The average molecular weight is 635 g/mol. The number of rotatable bonds is 8. The summed E-state index contributed by atoms with van der Waals surface area (Å²) in [6.07, 6.45) is 4.28. The van der Waals surface area contributed by atoms with Gasteiger partial charge in [-0.2, -0.15) is 21.9 Å². The fraction of sp³-hybridized carbons (Fsp3) is 0.231. The Bertz CT molecular complexity index is 1950. The maximum atomic E-state index is 12.9. The second kappa shape index (κ2) is 11.7. The number of methoxy groups -OCH3 is 1. The zero-order valence-electron chi connectivity index (χ0n) is 22.7.